The average molecular weight is 605 g/mol. The van der Waals surface area contributed by atoms with E-state index in [1.165, 1.54) is 5.56 Å². The van der Waals surface area contributed by atoms with E-state index in [1.54, 1.807) is 11.0 Å². The molecule has 1 heterocycles. The lowest BCUT2D eigenvalue weighted by molar-refractivity contribution is 0.0773. The molecule has 3 aromatic rings. The van der Waals surface area contributed by atoms with Gasteiger partial charge in [-0.05, 0) is 76.9 Å². The van der Waals surface area contributed by atoms with Gasteiger partial charge in [0.05, 0.1) is 27.6 Å². The number of nitrogens with zero attached hydrogens (tertiary/aromatic N) is 4. The van der Waals surface area contributed by atoms with Crippen molar-refractivity contribution in [1.82, 2.24) is 9.80 Å². The Morgan fingerprint density at radius 2 is 1.44 bits per heavy atom. The molecule has 0 aliphatic carbocycles. The standard InChI is InChI=1S/C35H48N4O3S/c1-6-37(7-2)35(40)31-25-34(43(41,42)27-28-15-11-9-12-16-28)33(26-32(31)38(8-3)24-23-36(4)5)39-21-19-30(20-22-39)29-17-13-10-14-18-29/h9-18,25-26,30H,6-8,19-24,27H2,1-5H3. The number of hydrogen-bond acceptors (Lipinski definition) is 6. The first-order chi connectivity index (χ1) is 20.7. The number of hydrogen-bond donors (Lipinski definition) is 0. The lowest BCUT2D eigenvalue weighted by atomic mass is 9.89. The molecule has 1 fully saturated rings. The Kier molecular flexibility index (Phi) is 11.3. The van der Waals surface area contributed by atoms with E-state index in [9.17, 15) is 13.2 Å². The van der Waals surface area contributed by atoms with E-state index in [0.717, 1.165) is 50.3 Å². The van der Waals surface area contributed by atoms with Crippen molar-refractivity contribution in [3.8, 4) is 0 Å². The maximum Gasteiger partial charge on any atom is 0.255 e. The lowest BCUT2D eigenvalue weighted by Gasteiger charge is -2.36. The summed E-state index contributed by atoms with van der Waals surface area (Å²) in [5.41, 5.74) is 4.04. The number of rotatable bonds is 13. The first kappa shape index (κ1) is 32.6. The van der Waals surface area contributed by atoms with Crippen molar-refractivity contribution >= 4 is 27.1 Å². The summed E-state index contributed by atoms with van der Waals surface area (Å²) >= 11 is 0. The summed E-state index contributed by atoms with van der Waals surface area (Å²) in [4.78, 5) is 22.6. The molecule has 0 N–H and O–H groups in total. The number of carbonyl (C=O) groups excluding carboxylic acids is 1. The molecule has 232 valence electrons. The van der Waals surface area contributed by atoms with Crippen molar-refractivity contribution in [3.63, 3.8) is 0 Å². The van der Waals surface area contributed by atoms with E-state index in [0.29, 0.717) is 36.8 Å². The average Bonchev–Trinajstić information content (AvgIpc) is 3.02. The van der Waals surface area contributed by atoms with Crippen LogP contribution in [0.1, 0.15) is 61.0 Å². The minimum Gasteiger partial charge on any atom is -0.370 e. The van der Waals surface area contributed by atoms with E-state index in [-0.39, 0.29) is 16.6 Å². The predicted molar refractivity (Wildman–Crippen MR) is 178 cm³/mol. The largest absolute Gasteiger partial charge is 0.370 e. The van der Waals surface area contributed by atoms with Gasteiger partial charge in [0.1, 0.15) is 0 Å². The maximum atomic E-state index is 14.2. The fourth-order valence-electron chi connectivity index (χ4n) is 5.99. The molecule has 1 amide bonds. The zero-order valence-electron chi connectivity index (χ0n) is 26.5. The Hall–Kier alpha value is -3.36. The Morgan fingerprint density at radius 3 is 2.00 bits per heavy atom. The molecule has 0 atom stereocenters. The Morgan fingerprint density at radius 1 is 0.837 bits per heavy atom. The molecule has 0 radical (unpaired) electrons. The van der Waals surface area contributed by atoms with Crippen LogP contribution in [0.15, 0.2) is 77.7 Å². The number of benzene rings is 3. The van der Waals surface area contributed by atoms with Crippen LogP contribution in [0.4, 0.5) is 11.4 Å². The zero-order chi connectivity index (χ0) is 31.0. The van der Waals surface area contributed by atoms with Gasteiger partial charge in [-0.25, -0.2) is 8.42 Å². The molecular weight excluding hydrogens is 556 g/mol. The van der Waals surface area contributed by atoms with Crippen LogP contribution < -0.4 is 9.80 Å². The van der Waals surface area contributed by atoms with Crippen LogP contribution in [0.3, 0.4) is 0 Å². The molecule has 0 saturated carbocycles. The number of piperidine rings is 1. The molecule has 1 saturated heterocycles. The van der Waals surface area contributed by atoms with Crippen molar-refractivity contribution in [2.45, 2.75) is 50.2 Å². The smallest absolute Gasteiger partial charge is 0.255 e. The second kappa shape index (κ2) is 14.9. The highest BCUT2D eigenvalue weighted by molar-refractivity contribution is 7.90. The van der Waals surface area contributed by atoms with Gasteiger partial charge >= 0.3 is 0 Å². The number of carbonyl (C=O) groups is 1. The molecule has 43 heavy (non-hydrogen) atoms. The number of amides is 1. The van der Waals surface area contributed by atoms with E-state index >= 15 is 0 Å². The minimum absolute atomic E-state index is 0.113. The molecular formula is C35H48N4O3S. The molecule has 0 bridgehead atoms. The van der Waals surface area contributed by atoms with Gasteiger partial charge in [0.25, 0.3) is 5.91 Å². The summed E-state index contributed by atoms with van der Waals surface area (Å²) in [6.07, 6.45) is 1.88. The van der Waals surface area contributed by atoms with Gasteiger partial charge in [-0.1, -0.05) is 60.7 Å². The summed E-state index contributed by atoms with van der Waals surface area (Å²) in [6, 6.07) is 23.6. The normalized spacial score (nSPS) is 14.2. The van der Waals surface area contributed by atoms with Gasteiger partial charge in [0.15, 0.2) is 9.84 Å². The van der Waals surface area contributed by atoms with Gasteiger partial charge in [-0.2, -0.15) is 0 Å². The highest BCUT2D eigenvalue weighted by Crippen LogP contribution is 2.39. The van der Waals surface area contributed by atoms with Crippen LogP contribution >= 0.6 is 0 Å². The van der Waals surface area contributed by atoms with Crippen LogP contribution in [0.5, 0.6) is 0 Å². The SMILES string of the molecule is CCN(CC)C(=O)c1cc(S(=O)(=O)Cc2ccccc2)c(N2CCC(c3ccccc3)CC2)cc1N(CC)CCN(C)C. The van der Waals surface area contributed by atoms with Gasteiger partial charge in [-0.15, -0.1) is 0 Å². The number of likely N-dealkylation sites (N-methyl/N-ethyl adjacent to an activating group) is 2. The van der Waals surface area contributed by atoms with Crippen molar-refractivity contribution < 1.29 is 13.2 Å². The van der Waals surface area contributed by atoms with Crippen molar-refractivity contribution in [3.05, 3.63) is 89.5 Å². The fourth-order valence-corrected chi connectivity index (χ4v) is 7.58. The van der Waals surface area contributed by atoms with Crippen LogP contribution in [0, 0.1) is 0 Å². The summed E-state index contributed by atoms with van der Waals surface area (Å²) in [5, 5.41) is 0. The van der Waals surface area contributed by atoms with Gasteiger partial charge in [0, 0.05) is 45.8 Å². The second-order valence-electron chi connectivity index (χ2n) is 11.6. The molecule has 4 rings (SSSR count). The third kappa shape index (κ3) is 7.98. The number of sulfone groups is 1. The van der Waals surface area contributed by atoms with Gasteiger partial charge in [0.2, 0.25) is 0 Å². The van der Waals surface area contributed by atoms with Gasteiger partial charge in [-0.3, -0.25) is 4.79 Å². The Bertz CT molecular complexity index is 1430. The topological polar surface area (TPSA) is 64.2 Å². The Balaban J connectivity index is 1.84. The first-order valence-corrected chi connectivity index (χ1v) is 17.3. The van der Waals surface area contributed by atoms with Crippen LogP contribution in [-0.4, -0.2) is 84.0 Å². The zero-order valence-corrected chi connectivity index (χ0v) is 27.3. The number of anilines is 2. The molecule has 0 spiro atoms. The molecule has 1 aliphatic heterocycles. The Labute approximate surface area is 259 Å². The van der Waals surface area contributed by atoms with Crippen LogP contribution in [0.25, 0.3) is 0 Å². The third-order valence-electron chi connectivity index (χ3n) is 8.54. The van der Waals surface area contributed by atoms with Crippen molar-refractivity contribution in [1.29, 1.82) is 0 Å². The summed E-state index contributed by atoms with van der Waals surface area (Å²) in [7, 11) is 0.310. The molecule has 8 heteroatoms. The third-order valence-corrected chi connectivity index (χ3v) is 10.2. The molecule has 1 aliphatic rings. The molecule has 7 nitrogen and oxygen atoms in total. The van der Waals surface area contributed by atoms with Crippen molar-refractivity contribution in [2.75, 3.05) is 69.7 Å². The predicted octanol–water partition coefficient (Wildman–Crippen LogP) is 5.91. The highest BCUT2D eigenvalue weighted by Gasteiger charge is 2.31. The van der Waals surface area contributed by atoms with Crippen LogP contribution in [0.2, 0.25) is 0 Å². The van der Waals surface area contributed by atoms with E-state index < -0.39 is 9.84 Å². The molecule has 0 unspecified atom stereocenters. The first-order valence-electron chi connectivity index (χ1n) is 15.6. The quantitative estimate of drug-likeness (QED) is 0.242. The maximum absolute atomic E-state index is 14.2. The second-order valence-corrected chi connectivity index (χ2v) is 13.6. The van der Waals surface area contributed by atoms with Crippen LogP contribution in [-0.2, 0) is 15.6 Å². The lowest BCUT2D eigenvalue weighted by Crippen LogP contribution is -2.37. The van der Waals surface area contributed by atoms with E-state index in [1.807, 2.05) is 70.4 Å². The summed E-state index contributed by atoms with van der Waals surface area (Å²) in [5.74, 6) is 0.198. The summed E-state index contributed by atoms with van der Waals surface area (Å²) < 4.78 is 28.5. The molecule has 0 aromatic heterocycles. The van der Waals surface area contributed by atoms with Crippen molar-refractivity contribution in [2.24, 2.45) is 0 Å². The van der Waals surface area contributed by atoms with E-state index in [2.05, 4.69) is 45.9 Å². The van der Waals surface area contributed by atoms with E-state index in [4.69, 9.17) is 0 Å². The monoisotopic (exact) mass is 604 g/mol. The minimum atomic E-state index is -3.77. The highest BCUT2D eigenvalue weighted by atomic mass is 32.2. The fraction of sp³-hybridized carbons (Fsp3) is 0.457. The summed E-state index contributed by atoms with van der Waals surface area (Å²) in [6.45, 7) is 10.9. The molecule has 3 aromatic carbocycles. The van der Waals surface area contributed by atoms with Gasteiger partial charge < -0.3 is 19.6 Å².